The third-order valence-corrected chi connectivity index (χ3v) is 5.22. The Morgan fingerprint density at radius 2 is 1.83 bits per heavy atom. The van der Waals surface area contributed by atoms with Gasteiger partial charge in [-0.3, -0.25) is 14.5 Å². The molecule has 3 heterocycles. The van der Waals surface area contributed by atoms with Gasteiger partial charge in [-0.2, -0.15) is 10.1 Å². The maximum atomic E-state index is 12.6. The number of carbonyl (C=O) groups is 1. The highest BCUT2D eigenvalue weighted by molar-refractivity contribution is 5.76. The van der Waals surface area contributed by atoms with Gasteiger partial charge in [-0.1, -0.05) is 29.4 Å². The molecule has 1 saturated heterocycles. The zero-order valence-corrected chi connectivity index (χ0v) is 17.1. The number of piperazine rings is 1. The Bertz CT molecular complexity index is 1100. The summed E-state index contributed by atoms with van der Waals surface area (Å²) >= 11 is 0. The average Bonchev–Trinajstić information content (AvgIpc) is 3.20. The van der Waals surface area contributed by atoms with Gasteiger partial charge in [0.05, 0.1) is 12.2 Å². The summed E-state index contributed by atoms with van der Waals surface area (Å²) in [5, 5.41) is 8.23. The number of benzene rings is 1. The molecule has 0 bridgehead atoms. The first-order valence-corrected chi connectivity index (χ1v) is 9.93. The largest absolute Gasteiger partial charge is 0.339 e. The van der Waals surface area contributed by atoms with E-state index in [2.05, 4.69) is 20.1 Å². The summed E-state index contributed by atoms with van der Waals surface area (Å²) in [6, 6.07) is 11.0. The molecule has 0 saturated carbocycles. The van der Waals surface area contributed by atoms with Gasteiger partial charge in [0, 0.05) is 37.8 Å². The summed E-state index contributed by atoms with van der Waals surface area (Å²) in [7, 11) is 0. The van der Waals surface area contributed by atoms with E-state index in [9.17, 15) is 9.59 Å². The Morgan fingerprint density at radius 3 is 2.60 bits per heavy atom. The number of carbonyl (C=O) groups excluding carboxylic acids is 1. The van der Waals surface area contributed by atoms with Crippen molar-refractivity contribution in [2.24, 2.45) is 0 Å². The lowest BCUT2D eigenvalue weighted by atomic mass is 10.1. The van der Waals surface area contributed by atoms with Crippen LogP contribution in [0.5, 0.6) is 0 Å². The minimum Gasteiger partial charge on any atom is -0.339 e. The molecule has 30 heavy (non-hydrogen) atoms. The second kappa shape index (κ2) is 8.58. The molecule has 1 aromatic carbocycles. The molecule has 4 rings (SSSR count). The van der Waals surface area contributed by atoms with Gasteiger partial charge in [0.1, 0.15) is 6.54 Å². The summed E-state index contributed by atoms with van der Waals surface area (Å²) in [6.45, 7) is 6.87. The van der Waals surface area contributed by atoms with Crippen molar-refractivity contribution in [2.75, 3.05) is 26.2 Å². The number of rotatable bonds is 5. The quantitative estimate of drug-likeness (QED) is 0.627. The number of hydrogen-bond acceptors (Lipinski definition) is 7. The van der Waals surface area contributed by atoms with E-state index in [-0.39, 0.29) is 18.0 Å². The van der Waals surface area contributed by atoms with Gasteiger partial charge in [-0.25, -0.2) is 4.68 Å². The highest BCUT2D eigenvalue weighted by Crippen LogP contribution is 2.20. The lowest BCUT2D eigenvalue weighted by Crippen LogP contribution is -2.49. The van der Waals surface area contributed by atoms with Crippen LogP contribution in [0, 0.1) is 13.8 Å². The second-order valence-corrected chi connectivity index (χ2v) is 7.45. The van der Waals surface area contributed by atoms with E-state index in [1.165, 1.54) is 10.7 Å². The minimum absolute atomic E-state index is 0.0377. The summed E-state index contributed by atoms with van der Waals surface area (Å²) in [4.78, 5) is 32.9. The van der Waals surface area contributed by atoms with E-state index in [1.807, 2.05) is 31.2 Å². The van der Waals surface area contributed by atoms with Crippen LogP contribution in [-0.2, 0) is 17.9 Å². The van der Waals surface area contributed by atoms with Crippen LogP contribution in [-0.4, -0.2) is 61.8 Å². The first kappa shape index (κ1) is 20.0. The van der Waals surface area contributed by atoms with Crippen molar-refractivity contribution >= 4 is 5.91 Å². The Morgan fingerprint density at radius 1 is 1.07 bits per heavy atom. The van der Waals surface area contributed by atoms with E-state index in [1.54, 1.807) is 17.9 Å². The molecule has 9 nitrogen and oxygen atoms in total. The highest BCUT2D eigenvalue weighted by Gasteiger charge is 2.23. The van der Waals surface area contributed by atoms with E-state index >= 15 is 0 Å². The molecular weight excluding hydrogens is 384 g/mol. The molecule has 0 aliphatic carbocycles. The fraction of sp³-hybridized carbons (Fsp3) is 0.381. The van der Waals surface area contributed by atoms with E-state index in [0.29, 0.717) is 50.1 Å². The average molecular weight is 408 g/mol. The molecule has 3 aromatic rings. The molecule has 0 atom stereocenters. The number of amides is 1. The maximum Gasteiger partial charge on any atom is 0.267 e. The van der Waals surface area contributed by atoms with Crippen molar-refractivity contribution in [1.29, 1.82) is 0 Å². The fourth-order valence-corrected chi connectivity index (χ4v) is 3.49. The molecule has 156 valence electrons. The summed E-state index contributed by atoms with van der Waals surface area (Å²) in [6.07, 6.45) is 0. The normalized spacial score (nSPS) is 14.8. The summed E-state index contributed by atoms with van der Waals surface area (Å²) < 4.78 is 6.64. The zero-order valence-electron chi connectivity index (χ0n) is 17.1. The molecular formula is C21H24N6O3. The van der Waals surface area contributed by atoms with Crippen LogP contribution in [0.25, 0.3) is 11.4 Å². The third-order valence-electron chi connectivity index (χ3n) is 5.22. The van der Waals surface area contributed by atoms with Crippen molar-refractivity contribution in [1.82, 2.24) is 29.7 Å². The maximum absolute atomic E-state index is 12.6. The molecule has 0 N–H and O–H groups in total. The number of aryl methyl sites for hydroxylation is 2. The van der Waals surface area contributed by atoms with Gasteiger partial charge in [-0.05, 0) is 25.5 Å². The molecule has 2 aromatic heterocycles. The Labute approximate surface area is 173 Å². The molecule has 0 spiro atoms. The standard InChI is InChI=1S/C21H24N6O3/c1-15-5-3-4-6-17(15)21-22-18(30-24-21)13-25-9-11-26(12-10-25)20(29)14-27-19(28)8-7-16(2)23-27/h3-8H,9-14H2,1-2H3. The lowest BCUT2D eigenvalue weighted by molar-refractivity contribution is -0.134. The predicted octanol–water partition coefficient (Wildman–Crippen LogP) is 1.25. The van der Waals surface area contributed by atoms with Gasteiger partial charge in [0.15, 0.2) is 0 Å². The van der Waals surface area contributed by atoms with Crippen LogP contribution in [0.4, 0.5) is 0 Å². The van der Waals surface area contributed by atoms with Crippen molar-refractivity contribution in [3.8, 4) is 11.4 Å². The molecule has 1 amide bonds. The Balaban J connectivity index is 1.32. The van der Waals surface area contributed by atoms with Crippen LogP contribution < -0.4 is 5.56 Å². The Kier molecular flexibility index (Phi) is 5.71. The van der Waals surface area contributed by atoms with Crippen LogP contribution in [0.15, 0.2) is 45.7 Å². The molecule has 0 unspecified atom stereocenters. The number of hydrogen-bond donors (Lipinski definition) is 0. The van der Waals surface area contributed by atoms with Gasteiger partial charge in [0.25, 0.3) is 5.56 Å². The van der Waals surface area contributed by atoms with Gasteiger partial charge >= 0.3 is 0 Å². The van der Waals surface area contributed by atoms with Gasteiger partial charge in [0.2, 0.25) is 17.6 Å². The van der Waals surface area contributed by atoms with Gasteiger partial charge < -0.3 is 9.42 Å². The molecule has 1 fully saturated rings. The topological polar surface area (TPSA) is 97.4 Å². The molecule has 0 radical (unpaired) electrons. The van der Waals surface area contributed by atoms with Crippen molar-refractivity contribution < 1.29 is 9.32 Å². The van der Waals surface area contributed by atoms with E-state index < -0.39 is 0 Å². The highest BCUT2D eigenvalue weighted by atomic mass is 16.5. The second-order valence-electron chi connectivity index (χ2n) is 7.45. The monoisotopic (exact) mass is 408 g/mol. The SMILES string of the molecule is Cc1ccc(=O)n(CC(=O)N2CCN(Cc3nc(-c4ccccc4C)no3)CC2)n1. The van der Waals surface area contributed by atoms with Crippen molar-refractivity contribution in [3.05, 3.63) is 63.9 Å². The van der Waals surface area contributed by atoms with Gasteiger partial charge in [-0.15, -0.1) is 0 Å². The zero-order chi connectivity index (χ0) is 21.1. The predicted molar refractivity (Wildman–Crippen MR) is 110 cm³/mol. The fourth-order valence-electron chi connectivity index (χ4n) is 3.49. The van der Waals surface area contributed by atoms with Crippen LogP contribution >= 0.6 is 0 Å². The van der Waals surface area contributed by atoms with Crippen molar-refractivity contribution in [2.45, 2.75) is 26.9 Å². The van der Waals surface area contributed by atoms with E-state index in [4.69, 9.17) is 4.52 Å². The van der Waals surface area contributed by atoms with Crippen LogP contribution in [0.2, 0.25) is 0 Å². The van der Waals surface area contributed by atoms with Crippen LogP contribution in [0.3, 0.4) is 0 Å². The van der Waals surface area contributed by atoms with E-state index in [0.717, 1.165) is 11.1 Å². The molecule has 1 aliphatic rings. The Hall–Kier alpha value is -3.33. The number of aromatic nitrogens is 4. The lowest BCUT2D eigenvalue weighted by Gasteiger charge is -2.33. The first-order valence-electron chi connectivity index (χ1n) is 9.93. The summed E-state index contributed by atoms with van der Waals surface area (Å²) in [5.41, 5.74) is 2.49. The summed E-state index contributed by atoms with van der Waals surface area (Å²) in [5.74, 6) is 1.05. The first-order chi connectivity index (χ1) is 14.5. The number of nitrogens with zero attached hydrogens (tertiary/aromatic N) is 6. The van der Waals surface area contributed by atoms with Crippen molar-refractivity contribution in [3.63, 3.8) is 0 Å². The smallest absolute Gasteiger partial charge is 0.267 e. The van der Waals surface area contributed by atoms with Crippen LogP contribution in [0.1, 0.15) is 17.1 Å². The molecule has 1 aliphatic heterocycles. The minimum atomic E-state index is -0.270. The third kappa shape index (κ3) is 4.46. The molecule has 9 heteroatoms.